The number of anilines is 1. The second kappa shape index (κ2) is 7.83. The van der Waals surface area contributed by atoms with E-state index in [4.69, 9.17) is 0 Å². The van der Waals surface area contributed by atoms with Crippen LogP contribution in [0.25, 0.3) is 10.2 Å². The molecule has 1 aromatic heterocycles. The molecule has 1 N–H and O–H groups in total. The number of alkyl halides is 3. The molecule has 1 amide bonds. The van der Waals surface area contributed by atoms with E-state index in [1.54, 1.807) is 18.0 Å². The quantitative estimate of drug-likeness (QED) is 0.687. The van der Waals surface area contributed by atoms with Crippen LogP contribution in [0, 0.1) is 0 Å². The zero-order valence-electron chi connectivity index (χ0n) is 14.3. The second-order valence-corrected chi connectivity index (χ2v) is 6.76. The van der Waals surface area contributed by atoms with Crippen molar-refractivity contribution in [3.8, 4) is 5.75 Å². The minimum Gasteiger partial charge on any atom is -0.405 e. The van der Waals surface area contributed by atoms with Crippen LogP contribution in [0.1, 0.15) is 5.56 Å². The maximum Gasteiger partial charge on any atom is 0.573 e. The van der Waals surface area contributed by atoms with Crippen LogP contribution in [0.4, 0.5) is 18.3 Å². The number of thiazole rings is 1. The zero-order valence-corrected chi connectivity index (χ0v) is 15.1. The fourth-order valence-corrected chi connectivity index (χ4v) is 3.36. The third kappa shape index (κ3) is 5.10. The molecule has 3 aromatic rings. The van der Waals surface area contributed by atoms with Crippen molar-refractivity contribution in [2.24, 2.45) is 0 Å². The maximum absolute atomic E-state index is 12.4. The van der Waals surface area contributed by atoms with Gasteiger partial charge in [-0.05, 0) is 18.2 Å². The Morgan fingerprint density at radius 1 is 1.19 bits per heavy atom. The lowest BCUT2D eigenvalue weighted by atomic mass is 10.2. The summed E-state index contributed by atoms with van der Waals surface area (Å²) in [6.45, 7) is -0.0408. The minimum atomic E-state index is -4.78. The molecule has 0 aliphatic rings. The second-order valence-electron chi connectivity index (χ2n) is 5.75. The molecule has 0 bridgehead atoms. The highest BCUT2D eigenvalue weighted by atomic mass is 32.1. The first-order chi connectivity index (χ1) is 12.8. The molecule has 1 heterocycles. The molecule has 2 aromatic carbocycles. The van der Waals surface area contributed by atoms with Gasteiger partial charge in [0.1, 0.15) is 5.75 Å². The number of aromatic nitrogens is 1. The third-order valence-corrected chi connectivity index (χ3v) is 4.81. The highest BCUT2D eigenvalue weighted by molar-refractivity contribution is 7.22. The van der Waals surface area contributed by atoms with Crippen molar-refractivity contribution in [2.75, 3.05) is 18.5 Å². The maximum atomic E-state index is 12.4. The number of carbonyl (C=O) groups is 1. The summed E-state index contributed by atoms with van der Waals surface area (Å²) in [7, 11) is 1.73. The van der Waals surface area contributed by atoms with Crippen LogP contribution in [-0.4, -0.2) is 30.8 Å². The smallest absolute Gasteiger partial charge is 0.405 e. The van der Waals surface area contributed by atoms with Crippen LogP contribution in [0.5, 0.6) is 5.75 Å². The highest BCUT2D eigenvalue weighted by Gasteiger charge is 2.32. The van der Waals surface area contributed by atoms with Gasteiger partial charge in [-0.1, -0.05) is 41.7 Å². The Hall–Kier alpha value is -2.81. The van der Waals surface area contributed by atoms with Gasteiger partial charge < -0.3 is 15.0 Å². The minimum absolute atomic E-state index is 0.0299. The van der Waals surface area contributed by atoms with Crippen molar-refractivity contribution in [3.05, 3.63) is 54.1 Å². The number of fused-ring (bicyclic) bond motifs is 1. The molecule has 0 spiro atoms. The van der Waals surface area contributed by atoms with Crippen molar-refractivity contribution in [3.63, 3.8) is 0 Å². The summed E-state index contributed by atoms with van der Waals surface area (Å²) >= 11 is 1.46. The van der Waals surface area contributed by atoms with Crippen molar-refractivity contribution < 1.29 is 22.7 Å². The van der Waals surface area contributed by atoms with Gasteiger partial charge in [-0.15, -0.1) is 13.2 Å². The van der Waals surface area contributed by atoms with Gasteiger partial charge in [-0.2, -0.15) is 0 Å². The van der Waals surface area contributed by atoms with E-state index < -0.39 is 6.36 Å². The van der Waals surface area contributed by atoms with E-state index in [9.17, 15) is 18.0 Å². The molecule has 0 radical (unpaired) electrons. The Balaban J connectivity index is 1.60. The standard InChI is InChI=1S/C18H16F3N3O2S/c1-24(17-23-13-7-3-5-9-15(13)27-17)11-16(25)22-10-12-6-2-4-8-14(12)26-18(19,20)21/h2-9H,10-11H2,1H3,(H,22,25). The highest BCUT2D eigenvalue weighted by Crippen LogP contribution is 2.28. The average molecular weight is 395 g/mol. The van der Waals surface area contributed by atoms with Gasteiger partial charge in [0.15, 0.2) is 5.13 Å². The lowest BCUT2D eigenvalue weighted by Gasteiger charge is -2.16. The summed E-state index contributed by atoms with van der Waals surface area (Å²) in [4.78, 5) is 18.3. The number of hydrogen-bond acceptors (Lipinski definition) is 5. The first kappa shape index (κ1) is 19.0. The molecule has 27 heavy (non-hydrogen) atoms. The first-order valence-corrected chi connectivity index (χ1v) is 8.80. The van der Waals surface area contributed by atoms with Gasteiger partial charge in [0.2, 0.25) is 5.91 Å². The Morgan fingerprint density at radius 3 is 2.63 bits per heavy atom. The van der Waals surface area contributed by atoms with E-state index in [-0.39, 0.29) is 30.3 Å². The van der Waals surface area contributed by atoms with Gasteiger partial charge in [-0.25, -0.2) is 4.98 Å². The predicted molar refractivity (Wildman–Crippen MR) is 97.9 cm³/mol. The summed E-state index contributed by atoms with van der Waals surface area (Å²) in [6, 6.07) is 13.3. The lowest BCUT2D eigenvalue weighted by Crippen LogP contribution is -2.35. The van der Waals surface area contributed by atoms with Crippen LogP contribution in [0.15, 0.2) is 48.5 Å². The summed E-state index contributed by atoms with van der Waals surface area (Å²) < 4.78 is 42.3. The summed E-state index contributed by atoms with van der Waals surface area (Å²) in [5, 5.41) is 3.30. The number of nitrogens with one attached hydrogen (secondary N) is 1. The molecule has 0 saturated heterocycles. The van der Waals surface area contributed by atoms with Crippen molar-refractivity contribution >= 4 is 32.6 Å². The van der Waals surface area contributed by atoms with Gasteiger partial charge in [-0.3, -0.25) is 4.79 Å². The molecule has 0 aliphatic carbocycles. The summed E-state index contributed by atoms with van der Waals surface area (Å²) in [5.74, 6) is -0.664. The topological polar surface area (TPSA) is 54.5 Å². The predicted octanol–water partition coefficient (Wildman–Crippen LogP) is 3.95. The number of rotatable bonds is 6. The fourth-order valence-electron chi connectivity index (χ4n) is 2.43. The molecule has 0 aliphatic heterocycles. The number of likely N-dealkylation sites (N-methyl/N-ethyl adjacent to an activating group) is 1. The number of para-hydroxylation sites is 2. The van der Waals surface area contributed by atoms with Crippen LogP contribution in [0.3, 0.4) is 0 Å². The number of halogens is 3. The molecule has 0 unspecified atom stereocenters. The molecular formula is C18H16F3N3O2S. The normalized spacial score (nSPS) is 11.4. The van der Waals surface area contributed by atoms with Gasteiger partial charge in [0.05, 0.1) is 16.8 Å². The number of nitrogens with zero attached hydrogens (tertiary/aromatic N) is 2. The Bertz CT molecular complexity index is 910. The Kier molecular flexibility index (Phi) is 5.50. The number of benzene rings is 2. The first-order valence-electron chi connectivity index (χ1n) is 7.99. The molecule has 142 valence electrons. The van der Waals surface area contributed by atoms with E-state index in [0.717, 1.165) is 10.2 Å². The van der Waals surface area contributed by atoms with E-state index in [2.05, 4.69) is 15.0 Å². The lowest BCUT2D eigenvalue weighted by molar-refractivity contribution is -0.274. The SMILES string of the molecule is CN(CC(=O)NCc1ccccc1OC(F)(F)F)c1nc2ccccc2s1. The molecular weight excluding hydrogens is 379 g/mol. The molecule has 5 nitrogen and oxygen atoms in total. The number of amides is 1. The van der Waals surface area contributed by atoms with E-state index >= 15 is 0 Å². The Morgan fingerprint density at radius 2 is 1.89 bits per heavy atom. The van der Waals surface area contributed by atoms with Crippen molar-refractivity contribution in [2.45, 2.75) is 12.9 Å². The average Bonchev–Trinajstić information content (AvgIpc) is 3.04. The van der Waals surface area contributed by atoms with Gasteiger partial charge in [0.25, 0.3) is 0 Å². The van der Waals surface area contributed by atoms with Gasteiger partial charge in [0, 0.05) is 19.2 Å². The van der Waals surface area contributed by atoms with E-state index in [0.29, 0.717) is 5.13 Å². The molecule has 3 rings (SSSR count). The summed E-state index contributed by atoms with van der Waals surface area (Å²) in [5.41, 5.74) is 1.09. The monoisotopic (exact) mass is 395 g/mol. The van der Waals surface area contributed by atoms with E-state index in [1.807, 2.05) is 24.3 Å². The Labute approximate surface area is 157 Å². The van der Waals surface area contributed by atoms with Gasteiger partial charge >= 0.3 is 6.36 Å². The van der Waals surface area contributed by atoms with Crippen LogP contribution >= 0.6 is 11.3 Å². The van der Waals surface area contributed by atoms with Crippen molar-refractivity contribution in [1.82, 2.24) is 10.3 Å². The molecule has 9 heteroatoms. The molecule has 0 fully saturated rings. The van der Waals surface area contributed by atoms with Crippen LogP contribution in [-0.2, 0) is 11.3 Å². The molecule has 0 saturated carbocycles. The fraction of sp³-hybridized carbons (Fsp3) is 0.222. The number of ether oxygens (including phenoxy) is 1. The zero-order chi connectivity index (χ0) is 19.4. The number of carbonyl (C=O) groups excluding carboxylic acids is 1. The molecule has 0 atom stereocenters. The third-order valence-electron chi connectivity index (χ3n) is 3.66. The largest absolute Gasteiger partial charge is 0.573 e. The van der Waals surface area contributed by atoms with Crippen molar-refractivity contribution in [1.29, 1.82) is 0 Å². The summed E-state index contributed by atoms with van der Waals surface area (Å²) in [6.07, 6.45) is -4.78. The van der Waals surface area contributed by atoms with E-state index in [1.165, 1.54) is 29.5 Å². The number of hydrogen-bond donors (Lipinski definition) is 1. The van der Waals surface area contributed by atoms with Crippen LogP contribution < -0.4 is 15.0 Å². The van der Waals surface area contributed by atoms with Crippen LogP contribution in [0.2, 0.25) is 0 Å².